The Labute approximate surface area is 198 Å². The fourth-order valence-electron chi connectivity index (χ4n) is 3.62. The topological polar surface area (TPSA) is 43.0 Å². The lowest BCUT2D eigenvalue weighted by molar-refractivity contribution is 0.122. The molecule has 0 spiro atoms. The van der Waals surface area contributed by atoms with Gasteiger partial charge in [0.1, 0.15) is 6.61 Å². The van der Waals surface area contributed by atoms with E-state index in [-0.39, 0.29) is 0 Å². The zero-order valence-corrected chi connectivity index (χ0v) is 19.5. The third-order valence-corrected chi connectivity index (χ3v) is 5.98. The van der Waals surface area contributed by atoms with Gasteiger partial charge in [0, 0.05) is 52.2 Å². The lowest BCUT2D eigenvalue weighted by Gasteiger charge is -2.29. The molecule has 0 bridgehead atoms. The minimum atomic E-state index is 0.317. The Morgan fingerprint density at radius 1 is 0.969 bits per heavy atom. The normalized spacial score (nSPS) is 13.7. The van der Waals surface area contributed by atoms with Crippen molar-refractivity contribution in [1.82, 2.24) is 0 Å². The van der Waals surface area contributed by atoms with Crippen LogP contribution < -0.4 is 19.7 Å². The van der Waals surface area contributed by atoms with Crippen LogP contribution in [-0.2, 0) is 17.9 Å². The highest BCUT2D eigenvalue weighted by atomic mass is 35.5. The van der Waals surface area contributed by atoms with Gasteiger partial charge in [0.15, 0.2) is 11.5 Å². The number of hydrogen-bond donors (Lipinski definition) is 1. The van der Waals surface area contributed by atoms with Crippen LogP contribution in [0.5, 0.6) is 11.5 Å². The van der Waals surface area contributed by atoms with Crippen LogP contribution in [0.1, 0.15) is 11.1 Å². The van der Waals surface area contributed by atoms with Crippen LogP contribution in [0.15, 0.2) is 60.7 Å². The standard InChI is InChI=1S/C25H26Cl2N2O3/c1-30-24-4-2-3-18(25(24)32-17-19-5-6-20(26)15-23(19)27)16-28-21-7-9-22(10-8-21)29-11-13-31-14-12-29/h2-10,15,28H,11-14,16-17H2,1H3. The van der Waals surface area contributed by atoms with Crippen LogP contribution in [0.2, 0.25) is 10.0 Å². The van der Waals surface area contributed by atoms with Crippen LogP contribution in [0.4, 0.5) is 11.4 Å². The van der Waals surface area contributed by atoms with Crippen LogP contribution in [0.3, 0.4) is 0 Å². The Balaban J connectivity index is 1.44. The quantitative estimate of drug-likeness (QED) is 0.433. The molecular weight excluding hydrogens is 447 g/mol. The maximum Gasteiger partial charge on any atom is 0.166 e. The highest BCUT2D eigenvalue weighted by Gasteiger charge is 2.13. The molecule has 1 N–H and O–H groups in total. The largest absolute Gasteiger partial charge is 0.493 e. The predicted octanol–water partition coefficient (Wildman–Crippen LogP) is 6.03. The number of methoxy groups -OCH3 is 1. The molecule has 0 radical (unpaired) electrons. The summed E-state index contributed by atoms with van der Waals surface area (Å²) in [6.07, 6.45) is 0. The Hall–Kier alpha value is -2.60. The van der Waals surface area contributed by atoms with Gasteiger partial charge in [0.2, 0.25) is 0 Å². The molecule has 32 heavy (non-hydrogen) atoms. The van der Waals surface area contributed by atoms with Gasteiger partial charge in [-0.2, -0.15) is 0 Å². The van der Waals surface area contributed by atoms with E-state index in [1.165, 1.54) is 5.69 Å². The van der Waals surface area contributed by atoms with E-state index in [0.717, 1.165) is 43.1 Å². The number of halogens is 2. The molecule has 4 rings (SSSR count). The number of nitrogens with zero attached hydrogens (tertiary/aromatic N) is 1. The molecule has 1 saturated heterocycles. The van der Waals surface area contributed by atoms with Gasteiger partial charge in [-0.3, -0.25) is 0 Å². The van der Waals surface area contributed by atoms with E-state index in [2.05, 4.69) is 34.5 Å². The molecule has 1 heterocycles. The average Bonchev–Trinajstić information content (AvgIpc) is 2.83. The molecule has 1 aliphatic heterocycles. The molecule has 0 aromatic heterocycles. The third-order valence-electron chi connectivity index (χ3n) is 5.39. The fourth-order valence-corrected chi connectivity index (χ4v) is 4.09. The average molecular weight is 473 g/mol. The Morgan fingerprint density at radius 3 is 2.47 bits per heavy atom. The highest BCUT2D eigenvalue weighted by molar-refractivity contribution is 6.35. The number of anilines is 2. The van der Waals surface area contributed by atoms with Crippen LogP contribution in [0, 0.1) is 0 Å². The predicted molar refractivity (Wildman–Crippen MR) is 131 cm³/mol. The van der Waals surface area contributed by atoms with E-state index in [1.54, 1.807) is 19.2 Å². The summed E-state index contributed by atoms with van der Waals surface area (Å²) >= 11 is 12.3. The minimum absolute atomic E-state index is 0.317. The van der Waals surface area contributed by atoms with Gasteiger partial charge in [0.05, 0.1) is 20.3 Å². The van der Waals surface area contributed by atoms with Crippen molar-refractivity contribution in [2.24, 2.45) is 0 Å². The van der Waals surface area contributed by atoms with Crippen molar-refractivity contribution in [2.45, 2.75) is 13.2 Å². The van der Waals surface area contributed by atoms with E-state index in [4.69, 9.17) is 37.4 Å². The summed E-state index contributed by atoms with van der Waals surface area (Å²) in [6, 6.07) is 19.7. The first-order chi connectivity index (χ1) is 15.6. The maximum absolute atomic E-state index is 6.30. The molecule has 5 nitrogen and oxygen atoms in total. The molecule has 1 fully saturated rings. The van der Waals surface area contributed by atoms with Gasteiger partial charge in [-0.25, -0.2) is 0 Å². The van der Waals surface area contributed by atoms with Crippen LogP contribution >= 0.6 is 23.2 Å². The second-order valence-corrected chi connectivity index (χ2v) is 8.32. The molecule has 0 atom stereocenters. The first kappa shape index (κ1) is 22.6. The zero-order valence-electron chi connectivity index (χ0n) is 17.9. The smallest absolute Gasteiger partial charge is 0.166 e. The summed E-state index contributed by atoms with van der Waals surface area (Å²) in [5.41, 5.74) is 4.10. The first-order valence-electron chi connectivity index (χ1n) is 10.5. The summed E-state index contributed by atoms with van der Waals surface area (Å²) in [4.78, 5) is 2.34. The second-order valence-electron chi connectivity index (χ2n) is 7.47. The molecule has 0 aliphatic carbocycles. The Bertz CT molecular complexity index is 1040. The minimum Gasteiger partial charge on any atom is -0.493 e. The van der Waals surface area contributed by atoms with Crippen molar-refractivity contribution >= 4 is 34.6 Å². The summed E-state index contributed by atoms with van der Waals surface area (Å²) < 4.78 is 17.1. The van der Waals surface area contributed by atoms with Crippen LogP contribution in [0.25, 0.3) is 0 Å². The zero-order chi connectivity index (χ0) is 22.3. The number of ether oxygens (including phenoxy) is 3. The molecule has 168 valence electrons. The van der Waals surface area contributed by atoms with E-state index in [9.17, 15) is 0 Å². The first-order valence-corrected chi connectivity index (χ1v) is 11.3. The van der Waals surface area contributed by atoms with Gasteiger partial charge in [0.25, 0.3) is 0 Å². The number of morpholine rings is 1. The van der Waals surface area contributed by atoms with Crippen LogP contribution in [-0.4, -0.2) is 33.4 Å². The molecule has 0 amide bonds. The number of benzene rings is 3. The summed E-state index contributed by atoms with van der Waals surface area (Å²) in [5, 5.41) is 4.65. The lowest BCUT2D eigenvalue weighted by atomic mass is 10.1. The lowest BCUT2D eigenvalue weighted by Crippen LogP contribution is -2.36. The number of hydrogen-bond acceptors (Lipinski definition) is 5. The summed E-state index contributed by atoms with van der Waals surface area (Å²) in [7, 11) is 1.64. The molecule has 3 aromatic carbocycles. The van der Waals surface area contributed by atoms with E-state index in [1.807, 2.05) is 24.3 Å². The Kier molecular flexibility index (Phi) is 7.63. The van der Waals surface area contributed by atoms with Gasteiger partial charge in [-0.1, -0.05) is 41.4 Å². The van der Waals surface area contributed by atoms with E-state index < -0.39 is 0 Å². The van der Waals surface area contributed by atoms with Gasteiger partial charge in [-0.15, -0.1) is 0 Å². The van der Waals surface area contributed by atoms with Crippen molar-refractivity contribution in [2.75, 3.05) is 43.6 Å². The van der Waals surface area contributed by atoms with Gasteiger partial charge < -0.3 is 24.4 Å². The van der Waals surface area contributed by atoms with Crippen molar-refractivity contribution in [3.8, 4) is 11.5 Å². The molecule has 3 aromatic rings. The summed E-state index contributed by atoms with van der Waals surface area (Å²) in [5.74, 6) is 1.37. The van der Waals surface area contributed by atoms with Crippen molar-refractivity contribution in [1.29, 1.82) is 0 Å². The van der Waals surface area contributed by atoms with Crippen molar-refractivity contribution < 1.29 is 14.2 Å². The maximum atomic E-state index is 6.30. The SMILES string of the molecule is COc1cccc(CNc2ccc(N3CCOCC3)cc2)c1OCc1ccc(Cl)cc1Cl. The van der Waals surface area contributed by atoms with E-state index in [0.29, 0.717) is 34.7 Å². The number of rotatable bonds is 8. The monoisotopic (exact) mass is 472 g/mol. The summed E-state index contributed by atoms with van der Waals surface area (Å²) in [6.45, 7) is 4.32. The van der Waals surface area contributed by atoms with Gasteiger partial charge >= 0.3 is 0 Å². The number of nitrogens with one attached hydrogen (secondary N) is 1. The van der Waals surface area contributed by atoms with E-state index >= 15 is 0 Å². The van der Waals surface area contributed by atoms with Crippen molar-refractivity contribution in [3.63, 3.8) is 0 Å². The third kappa shape index (κ3) is 5.60. The molecule has 0 unspecified atom stereocenters. The molecule has 1 aliphatic rings. The Morgan fingerprint density at radius 2 is 1.75 bits per heavy atom. The molecule has 0 saturated carbocycles. The number of para-hydroxylation sites is 1. The second kappa shape index (κ2) is 10.8. The van der Waals surface area contributed by atoms with Gasteiger partial charge in [-0.05, 0) is 42.5 Å². The highest BCUT2D eigenvalue weighted by Crippen LogP contribution is 2.33. The fraction of sp³-hybridized carbons (Fsp3) is 0.280. The van der Waals surface area contributed by atoms with Crippen molar-refractivity contribution in [3.05, 3.63) is 81.8 Å². The molecular formula is C25H26Cl2N2O3. The molecule has 7 heteroatoms.